The Balaban J connectivity index is 0.00000162. The van der Waals surface area contributed by atoms with Crippen LogP contribution in [-0.4, -0.2) is 38.3 Å². The molecule has 0 spiro atoms. The third-order valence-corrected chi connectivity index (χ3v) is 4.05. The molecular formula is C13H25ClN2O2. The molecule has 0 aromatic carbocycles. The summed E-state index contributed by atoms with van der Waals surface area (Å²) in [7, 11) is 0. The number of hydrogen-bond donors (Lipinski definition) is 2. The van der Waals surface area contributed by atoms with Crippen molar-refractivity contribution in [3.8, 4) is 0 Å². The average molecular weight is 277 g/mol. The van der Waals surface area contributed by atoms with Crippen LogP contribution in [0.3, 0.4) is 0 Å². The molecule has 1 unspecified atom stereocenters. The van der Waals surface area contributed by atoms with Gasteiger partial charge in [0.2, 0.25) is 5.91 Å². The van der Waals surface area contributed by atoms with Crippen molar-refractivity contribution in [2.45, 2.75) is 38.6 Å². The number of nitrogens with one attached hydrogen (secondary N) is 2. The maximum Gasteiger partial charge on any atom is 0.223 e. The first-order chi connectivity index (χ1) is 8.27. The minimum Gasteiger partial charge on any atom is -0.381 e. The highest BCUT2D eigenvalue weighted by Crippen LogP contribution is 2.19. The molecule has 0 saturated carbocycles. The molecule has 4 nitrogen and oxygen atoms in total. The predicted molar refractivity (Wildman–Crippen MR) is 74.0 cm³/mol. The molecule has 0 aromatic heterocycles. The summed E-state index contributed by atoms with van der Waals surface area (Å²) < 4.78 is 5.35. The number of hydrogen-bond acceptors (Lipinski definition) is 3. The lowest BCUT2D eigenvalue weighted by Crippen LogP contribution is -2.45. The number of carbonyl (C=O) groups is 1. The zero-order chi connectivity index (χ0) is 12.1. The first-order valence-corrected chi connectivity index (χ1v) is 6.86. The fourth-order valence-electron chi connectivity index (χ4n) is 2.76. The van der Waals surface area contributed by atoms with Gasteiger partial charge in [-0.25, -0.2) is 0 Å². The molecule has 18 heavy (non-hydrogen) atoms. The standard InChI is InChI=1S/C13H24N2O2.ClH/c1-10(11-4-8-17-9-5-11)15-13(16)12-2-6-14-7-3-12;/h10-12,14H,2-9H2,1H3,(H,15,16);1H. The number of rotatable bonds is 3. The van der Waals surface area contributed by atoms with E-state index in [4.69, 9.17) is 4.74 Å². The molecule has 2 heterocycles. The van der Waals surface area contributed by atoms with Crippen LogP contribution in [0.1, 0.15) is 32.6 Å². The van der Waals surface area contributed by atoms with Gasteiger partial charge in [-0.2, -0.15) is 0 Å². The second-order valence-electron chi connectivity index (χ2n) is 5.27. The van der Waals surface area contributed by atoms with Crippen molar-refractivity contribution in [1.82, 2.24) is 10.6 Å². The third kappa shape index (κ3) is 4.41. The second kappa shape index (κ2) is 7.97. The van der Waals surface area contributed by atoms with Gasteiger partial charge >= 0.3 is 0 Å². The van der Waals surface area contributed by atoms with Crippen LogP contribution in [0, 0.1) is 11.8 Å². The van der Waals surface area contributed by atoms with Gasteiger partial charge in [0.15, 0.2) is 0 Å². The lowest BCUT2D eigenvalue weighted by molar-refractivity contribution is -0.127. The number of halogens is 1. The number of ether oxygens (including phenoxy) is 1. The topological polar surface area (TPSA) is 50.4 Å². The minimum atomic E-state index is 0. The van der Waals surface area contributed by atoms with E-state index in [-0.39, 0.29) is 24.2 Å². The lowest BCUT2D eigenvalue weighted by Gasteiger charge is -2.30. The zero-order valence-corrected chi connectivity index (χ0v) is 11.9. The Kier molecular flexibility index (Phi) is 6.97. The van der Waals surface area contributed by atoms with Crippen molar-refractivity contribution in [2.75, 3.05) is 26.3 Å². The van der Waals surface area contributed by atoms with Crippen molar-refractivity contribution in [2.24, 2.45) is 11.8 Å². The molecule has 2 aliphatic heterocycles. The Morgan fingerprint density at radius 1 is 1.22 bits per heavy atom. The van der Waals surface area contributed by atoms with Crippen molar-refractivity contribution in [1.29, 1.82) is 0 Å². The Morgan fingerprint density at radius 2 is 1.83 bits per heavy atom. The Morgan fingerprint density at radius 3 is 2.44 bits per heavy atom. The molecule has 2 fully saturated rings. The van der Waals surface area contributed by atoms with Crippen LogP contribution in [0.25, 0.3) is 0 Å². The predicted octanol–water partition coefficient (Wildman–Crippen LogP) is 1.34. The van der Waals surface area contributed by atoms with E-state index in [1.165, 1.54) is 0 Å². The van der Waals surface area contributed by atoms with Gasteiger partial charge in [-0.3, -0.25) is 4.79 Å². The highest BCUT2D eigenvalue weighted by molar-refractivity contribution is 5.85. The van der Waals surface area contributed by atoms with Crippen molar-refractivity contribution in [3.05, 3.63) is 0 Å². The van der Waals surface area contributed by atoms with Crippen LogP contribution < -0.4 is 10.6 Å². The maximum atomic E-state index is 12.1. The molecule has 1 atom stereocenters. The summed E-state index contributed by atoms with van der Waals surface area (Å²) >= 11 is 0. The molecule has 0 bridgehead atoms. The molecule has 2 N–H and O–H groups in total. The molecule has 1 amide bonds. The molecule has 2 aliphatic rings. The summed E-state index contributed by atoms with van der Waals surface area (Å²) in [6.45, 7) is 5.78. The van der Waals surface area contributed by atoms with E-state index in [0.717, 1.165) is 52.0 Å². The smallest absolute Gasteiger partial charge is 0.223 e. The second-order valence-corrected chi connectivity index (χ2v) is 5.27. The highest BCUT2D eigenvalue weighted by atomic mass is 35.5. The van der Waals surface area contributed by atoms with Gasteiger partial charge in [-0.1, -0.05) is 0 Å². The monoisotopic (exact) mass is 276 g/mol. The first kappa shape index (κ1) is 15.7. The quantitative estimate of drug-likeness (QED) is 0.818. The Labute approximate surface area is 116 Å². The first-order valence-electron chi connectivity index (χ1n) is 6.86. The van der Waals surface area contributed by atoms with Crippen molar-refractivity contribution in [3.63, 3.8) is 0 Å². The number of piperidine rings is 1. The van der Waals surface area contributed by atoms with E-state index in [9.17, 15) is 4.79 Å². The van der Waals surface area contributed by atoms with E-state index in [1.54, 1.807) is 0 Å². The molecule has 5 heteroatoms. The third-order valence-electron chi connectivity index (χ3n) is 4.05. The normalized spacial score (nSPS) is 24.1. The molecular weight excluding hydrogens is 252 g/mol. The van der Waals surface area contributed by atoms with Crippen LogP contribution in [0.15, 0.2) is 0 Å². The fourth-order valence-corrected chi connectivity index (χ4v) is 2.76. The van der Waals surface area contributed by atoms with Gasteiger partial charge in [0.25, 0.3) is 0 Å². The molecule has 106 valence electrons. The fraction of sp³-hybridized carbons (Fsp3) is 0.923. The van der Waals surface area contributed by atoms with E-state index < -0.39 is 0 Å². The van der Waals surface area contributed by atoms with E-state index in [2.05, 4.69) is 17.6 Å². The highest BCUT2D eigenvalue weighted by Gasteiger charge is 2.26. The van der Waals surface area contributed by atoms with Crippen LogP contribution in [-0.2, 0) is 9.53 Å². The van der Waals surface area contributed by atoms with Crippen molar-refractivity contribution >= 4 is 18.3 Å². The molecule has 0 aromatic rings. The maximum absolute atomic E-state index is 12.1. The molecule has 0 radical (unpaired) electrons. The largest absolute Gasteiger partial charge is 0.381 e. The molecule has 2 rings (SSSR count). The van der Waals surface area contributed by atoms with E-state index >= 15 is 0 Å². The Bertz CT molecular complexity index is 251. The summed E-state index contributed by atoms with van der Waals surface area (Å²) in [5.74, 6) is 1.07. The SMILES string of the molecule is CC(NC(=O)C1CCNCC1)C1CCOCC1.Cl. The summed E-state index contributed by atoms with van der Waals surface area (Å²) in [4.78, 5) is 12.1. The number of carbonyl (C=O) groups excluding carboxylic acids is 1. The summed E-state index contributed by atoms with van der Waals surface area (Å²) in [6.07, 6.45) is 4.11. The van der Waals surface area contributed by atoms with Gasteiger partial charge < -0.3 is 15.4 Å². The van der Waals surface area contributed by atoms with Crippen molar-refractivity contribution < 1.29 is 9.53 Å². The minimum absolute atomic E-state index is 0. The van der Waals surface area contributed by atoms with E-state index in [1.807, 2.05) is 0 Å². The average Bonchev–Trinajstić information content (AvgIpc) is 2.40. The summed E-state index contributed by atoms with van der Waals surface area (Å²) in [5, 5.41) is 6.49. The van der Waals surface area contributed by atoms with Gasteiger partial charge in [-0.05, 0) is 51.6 Å². The molecule has 0 aliphatic carbocycles. The number of amides is 1. The van der Waals surface area contributed by atoms with Gasteiger partial charge in [0.05, 0.1) is 0 Å². The lowest BCUT2D eigenvalue weighted by atomic mass is 9.91. The van der Waals surface area contributed by atoms with Crippen LogP contribution in [0.2, 0.25) is 0 Å². The van der Waals surface area contributed by atoms with E-state index in [0.29, 0.717) is 12.0 Å². The molecule has 2 saturated heterocycles. The Hall–Kier alpha value is -0.320. The van der Waals surface area contributed by atoms with Gasteiger partial charge in [-0.15, -0.1) is 12.4 Å². The van der Waals surface area contributed by atoms with Crippen LogP contribution >= 0.6 is 12.4 Å². The van der Waals surface area contributed by atoms with Crippen LogP contribution in [0.4, 0.5) is 0 Å². The zero-order valence-electron chi connectivity index (χ0n) is 11.1. The summed E-state index contributed by atoms with van der Waals surface area (Å²) in [6, 6.07) is 0.293. The summed E-state index contributed by atoms with van der Waals surface area (Å²) in [5.41, 5.74) is 0. The van der Waals surface area contributed by atoms with Crippen LogP contribution in [0.5, 0.6) is 0 Å². The van der Waals surface area contributed by atoms with Gasteiger partial charge in [0, 0.05) is 25.2 Å². The van der Waals surface area contributed by atoms with Gasteiger partial charge in [0.1, 0.15) is 0 Å².